The molecule has 4 aromatic heterocycles. The second-order valence-corrected chi connectivity index (χ2v) is 20.1. The molecule has 0 aliphatic rings. The second-order valence-electron chi connectivity index (χ2n) is 20.1. The number of rotatable bonds is 12. The van der Waals surface area contributed by atoms with Crippen molar-refractivity contribution in [2.45, 2.75) is 55.4 Å². The topological polar surface area (TPSA) is 64.5 Å². The van der Waals surface area contributed by atoms with Crippen molar-refractivity contribution in [3.05, 3.63) is 252 Å². The largest absolute Gasteiger partial charge is 0.309 e. The van der Waals surface area contributed by atoms with Gasteiger partial charge >= 0.3 is 0 Å². The zero-order valence-corrected chi connectivity index (χ0v) is 44.2. The Morgan fingerprint density at radius 1 is 0.237 bits per heavy atom. The zero-order valence-electron chi connectivity index (χ0n) is 44.2. The fraction of sp³-hybridized carbons (Fsp3) is 0.118. The third-order valence-corrected chi connectivity index (χ3v) is 14.9. The third-order valence-electron chi connectivity index (χ3n) is 14.9. The highest BCUT2D eigenvalue weighted by Gasteiger charge is 2.31. The molecule has 8 nitrogen and oxygen atoms in total. The molecular weight excluding hydrogens is 929 g/mol. The van der Waals surface area contributed by atoms with Crippen molar-refractivity contribution in [3.8, 4) is 0 Å². The molecule has 8 aromatic carbocycles. The SMILES string of the molecule is Cc1cncc(C)c1N(c1ccccc1)c1cc(N(c2ccccc2)c2c(C)cncc2C)c2ccc3c(N(c4ccccc4)c4c(C)cncc4C)cc(N(c4ccccc4)c4c(C)cncc4C)c4ccc1c2c43. The first-order valence-corrected chi connectivity index (χ1v) is 25.9. The Labute approximate surface area is 445 Å². The molecule has 0 amide bonds. The Kier molecular flexibility index (Phi) is 12.2. The minimum absolute atomic E-state index is 1.04. The van der Waals surface area contributed by atoms with Gasteiger partial charge in [0.1, 0.15) is 0 Å². The molecule has 0 saturated heterocycles. The molecule has 370 valence electrons. The molecule has 12 rings (SSSR count). The maximum atomic E-state index is 4.71. The second kappa shape index (κ2) is 19.5. The van der Waals surface area contributed by atoms with E-state index in [0.717, 1.165) is 145 Å². The Bertz CT molecular complexity index is 3500. The molecule has 0 radical (unpaired) electrons. The van der Waals surface area contributed by atoms with E-state index < -0.39 is 0 Å². The van der Waals surface area contributed by atoms with Gasteiger partial charge in [0.05, 0.1) is 45.5 Å². The summed E-state index contributed by atoms with van der Waals surface area (Å²) in [5.74, 6) is 0. The number of nitrogens with zero attached hydrogens (tertiary/aromatic N) is 8. The van der Waals surface area contributed by atoms with Gasteiger partial charge < -0.3 is 19.6 Å². The number of hydrogen-bond donors (Lipinski definition) is 0. The van der Waals surface area contributed by atoms with Crippen LogP contribution in [0.4, 0.5) is 68.2 Å². The summed E-state index contributed by atoms with van der Waals surface area (Å²) in [5.41, 5.74) is 21.3. The predicted molar refractivity (Wildman–Crippen MR) is 318 cm³/mol. The summed E-state index contributed by atoms with van der Waals surface area (Å²) < 4.78 is 0. The summed E-state index contributed by atoms with van der Waals surface area (Å²) in [5, 5.41) is 6.74. The van der Waals surface area contributed by atoms with Gasteiger partial charge in [-0.05, 0) is 161 Å². The number of benzene rings is 8. The highest BCUT2D eigenvalue weighted by Crippen LogP contribution is 2.56. The minimum atomic E-state index is 1.04. The van der Waals surface area contributed by atoms with E-state index in [1.165, 1.54) is 0 Å². The number of para-hydroxylation sites is 4. The van der Waals surface area contributed by atoms with Crippen molar-refractivity contribution in [2.75, 3.05) is 19.6 Å². The van der Waals surface area contributed by atoms with E-state index in [0.29, 0.717) is 0 Å². The van der Waals surface area contributed by atoms with Crippen molar-refractivity contribution in [2.24, 2.45) is 0 Å². The summed E-state index contributed by atoms with van der Waals surface area (Å²) in [6.07, 6.45) is 15.9. The lowest BCUT2D eigenvalue weighted by Crippen LogP contribution is -2.18. The van der Waals surface area contributed by atoms with Crippen molar-refractivity contribution in [3.63, 3.8) is 0 Å². The van der Waals surface area contributed by atoms with Gasteiger partial charge in [-0.15, -0.1) is 0 Å². The highest BCUT2D eigenvalue weighted by molar-refractivity contribution is 6.33. The average molecular weight is 987 g/mol. The van der Waals surface area contributed by atoms with Gasteiger partial charge in [-0.1, -0.05) is 97.1 Å². The van der Waals surface area contributed by atoms with Gasteiger partial charge in [-0.2, -0.15) is 0 Å². The number of aromatic nitrogens is 4. The van der Waals surface area contributed by atoms with Crippen molar-refractivity contribution in [1.29, 1.82) is 0 Å². The van der Waals surface area contributed by atoms with Gasteiger partial charge in [0.2, 0.25) is 0 Å². The standard InChI is InChI=1S/C68H58N8/c1-43-35-69-36-44(2)65(43)73(51-21-13-9-14-22-51)59-33-60(74(52-23-15-10-16-24-52)66-45(3)37-70-38-46(66)4)56-31-32-58-62(76(54-27-19-12-20-28-54)68-49(7)41-72-42-50(68)8)34-61(57-30-29-55(59)63(56)64(57)58)75(53-25-17-11-18-26-53)67-47(5)39-71-40-48(67)6/h9-42H,1-8H3. The first-order valence-electron chi connectivity index (χ1n) is 25.9. The van der Waals surface area contributed by atoms with Crippen LogP contribution in [0.1, 0.15) is 44.5 Å². The molecule has 0 aliphatic heterocycles. The fourth-order valence-corrected chi connectivity index (χ4v) is 11.7. The minimum Gasteiger partial charge on any atom is -0.309 e. The number of anilines is 12. The maximum absolute atomic E-state index is 4.71. The smallest absolute Gasteiger partial charge is 0.0561 e. The molecular formula is C68H58N8. The highest BCUT2D eigenvalue weighted by atomic mass is 15.2. The van der Waals surface area contributed by atoms with Gasteiger partial charge in [0, 0.05) is 105 Å². The first kappa shape index (κ1) is 47.6. The molecule has 0 saturated carbocycles. The summed E-state index contributed by atoms with van der Waals surface area (Å²) in [6.45, 7) is 17.4. The van der Waals surface area contributed by atoms with E-state index >= 15 is 0 Å². The predicted octanol–water partition coefficient (Wildman–Crippen LogP) is 18.5. The van der Waals surface area contributed by atoms with Crippen LogP contribution >= 0.6 is 0 Å². The van der Waals surface area contributed by atoms with E-state index in [-0.39, 0.29) is 0 Å². The quantitative estimate of drug-likeness (QED) is 0.112. The molecule has 0 aliphatic carbocycles. The van der Waals surface area contributed by atoms with Gasteiger partial charge in [0.15, 0.2) is 0 Å². The lowest BCUT2D eigenvalue weighted by atomic mass is 9.88. The average Bonchev–Trinajstić information content (AvgIpc) is 3.59. The number of pyridine rings is 4. The van der Waals surface area contributed by atoms with Gasteiger partial charge in [-0.25, -0.2) is 0 Å². The van der Waals surface area contributed by atoms with Gasteiger partial charge in [-0.3, -0.25) is 19.9 Å². The zero-order chi connectivity index (χ0) is 52.2. The lowest BCUT2D eigenvalue weighted by Gasteiger charge is -2.36. The maximum Gasteiger partial charge on any atom is 0.0561 e. The first-order chi connectivity index (χ1) is 37.1. The van der Waals surface area contributed by atoms with E-state index in [1.807, 2.05) is 49.6 Å². The van der Waals surface area contributed by atoms with E-state index in [2.05, 4.69) is 233 Å². The Morgan fingerprint density at radius 3 is 0.605 bits per heavy atom. The van der Waals surface area contributed by atoms with Crippen LogP contribution < -0.4 is 19.6 Å². The van der Waals surface area contributed by atoms with Crippen molar-refractivity contribution >= 4 is 101 Å². The summed E-state index contributed by atoms with van der Waals surface area (Å²) in [4.78, 5) is 28.7. The molecule has 12 aromatic rings. The fourth-order valence-electron chi connectivity index (χ4n) is 11.7. The van der Waals surface area contributed by atoms with Crippen LogP contribution in [0.3, 0.4) is 0 Å². The number of hydrogen-bond acceptors (Lipinski definition) is 8. The Hall–Kier alpha value is -9.40. The van der Waals surface area contributed by atoms with E-state index in [9.17, 15) is 0 Å². The molecule has 0 bridgehead atoms. The van der Waals surface area contributed by atoms with Crippen LogP contribution in [0.15, 0.2) is 207 Å². The molecule has 0 unspecified atom stereocenters. The lowest BCUT2D eigenvalue weighted by molar-refractivity contribution is 1.15. The molecule has 0 N–H and O–H groups in total. The summed E-state index contributed by atoms with van der Waals surface area (Å²) in [6, 6.07) is 57.4. The van der Waals surface area contributed by atoms with Crippen LogP contribution in [0.5, 0.6) is 0 Å². The molecule has 76 heavy (non-hydrogen) atoms. The van der Waals surface area contributed by atoms with Crippen molar-refractivity contribution < 1.29 is 0 Å². The normalized spacial score (nSPS) is 11.4. The molecule has 0 atom stereocenters. The number of aryl methyl sites for hydroxylation is 8. The molecule has 0 spiro atoms. The van der Waals surface area contributed by atoms with Crippen LogP contribution in [-0.4, -0.2) is 19.9 Å². The van der Waals surface area contributed by atoms with Crippen molar-refractivity contribution in [1.82, 2.24) is 19.9 Å². The Balaban J connectivity index is 1.33. The van der Waals surface area contributed by atoms with Crippen LogP contribution in [0.25, 0.3) is 32.3 Å². The Morgan fingerprint density at radius 2 is 0.421 bits per heavy atom. The molecule has 4 heterocycles. The van der Waals surface area contributed by atoms with Crippen LogP contribution in [0.2, 0.25) is 0 Å². The summed E-state index contributed by atoms with van der Waals surface area (Å²) >= 11 is 0. The summed E-state index contributed by atoms with van der Waals surface area (Å²) in [7, 11) is 0. The van der Waals surface area contributed by atoms with Crippen LogP contribution in [-0.2, 0) is 0 Å². The van der Waals surface area contributed by atoms with Crippen LogP contribution in [0, 0.1) is 55.4 Å². The third kappa shape index (κ3) is 8.01. The van der Waals surface area contributed by atoms with E-state index in [1.54, 1.807) is 0 Å². The van der Waals surface area contributed by atoms with Gasteiger partial charge in [0.25, 0.3) is 0 Å². The molecule has 0 fully saturated rings. The molecule has 8 heteroatoms. The monoisotopic (exact) mass is 986 g/mol. The van der Waals surface area contributed by atoms with E-state index in [4.69, 9.17) is 19.9 Å².